The quantitative estimate of drug-likeness (QED) is 0.481. The Bertz CT molecular complexity index is 1370. The summed E-state index contributed by atoms with van der Waals surface area (Å²) in [7, 11) is -3.60. The molecule has 0 spiro atoms. The zero-order chi connectivity index (χ0) is 20.2. The summed E-state index contributed by atoms with van der Waals surface area (Å²) in [6, 6.07) is 13.3. The van der Waals surface area contributed by atoms with Crippen molar-refractivity contribution < 1.29 is 13.2 Å². The van der Waals surface area contributed by atoms with Gasteiger partial charge in [-0.25, -0.2) is 13.1 Å². The first kappa shape index (κ1) is 18.7. The maximum atomic E-state index is 12.8. The van der Waals surface area contributed by atoms with Gasteiger partial charge in [0.1, 0.15) is 0 Å². The highest BCUT2D eigenvalue weighted by molar-refractivity contribution is 7.91. The van der Waals surface area contributed by atoms with Crippen molar-refractivity contribution in [3.63, 3.8) is 0 Å². The van der Waals surface area contributed by atoms with Gasteiger partial charge in [0.15, 0.2) is 0 Å². The minimum atomic E-state index is -3.60. The van der Waals surface area contributed by atoms with Crippen LogP contribution in [0.3, 0.4) is 0 Å². The summed E-state index contributed by atoms with van der Waals surface area (Å²) in [5, 5.41) is 4.14. The van der Waals surface area contributed by atoms with Crippen LogP contribution >= 0.6 is 22.9 Å². The van der Waals surface area contributed by atoms with Crippen LogP contribution in [0.25, 0.3) is 21.0 Å². The van der Waals surface area contributed by atoms with E-state index in [9.17, 15) is 13.2 Å². The highest BCUT2D eigenvalue weighted by Gasteiger charge is 2.37. The Hall–Kier alpha value is -2.35. The number of hydrogen-bond acceptors (Lipinski definition) is 4. The number of carbonyl (C=O) groups excluding carboxylic acids is 1. The topological polar surface area (TPSA) is 68.2 Å². The summed E-state index contributed by atoms with van der Waals surface area (Å²) >= 11 is 7.82. The van der Waals surface area contributed by atoms with E-state index < -0.39 is 21.2 Å². The number of thiophene rings is 1. The molecule has 8 heteroatoms. The van der Waals surface area contributed by atoms with E-state index in [-0.39, 0.29) is 0 Å². The lowest BCUT2D eigenvalue weighted by molar-refractivity contribution is 0.0982. The second-order valence-electron chi connectivity index (χ2n) is 7.26. The Morgan fingerprint density at radius 3 is 2.76 bits per heavy atom. The van der Waals surface area contributed by atoms with Crippen LogP contribution in [0.2, 0.25) is 5.02 Å². The minimum Gasteiger partial charge on any atom is -0.342 e. The average molecular weight is 445 g/mol. The molecule has 1 aliphatic rings. The van der Waals surface area contributed by atoms with Gasteiger partial charge in [-0.1, -0.05) is 29.8 Å². The molecule has 2 aromatic heterocycles. The monoisotopic (exact) mass is 444 g/mol. The third-order valence-electron chi connectivity index (χ3n) is 5.19. The summed E-state index contributed by atoms with van der Waals surface area (Å²) in [6.45, 7) is 0.559. The third-order valence-corrected chi connectivity index (χ3v) is 8.25. The van der Waals surface area contributed by atoms with Crippen molar-refractivity contribution in [3.05, 3.63) is 70.2 Å². The lowest BCUT2D eigenvalue weighted by atomic mass is 10.1. The van der Waals surface area contributed by atoms with Gasteiger partial charge in [0.05, 0.1) is 10.8 Å². The Morgan fingerprint density at radius 2 is 1.97 bits per heavy atom. The van der Waals surface area contributed by atoms with E-state index in [1.807, 2.05) is 47.0 Å². The largest absolute Gasteiger partial charge is 0.342 e. The lowest BCUT2D eigenvalue weighted by Gasteiger charge is -2.05. The van der Waals surface area contributed by atoms with Gasteiger partial charge in [-0.05, 0) is 53.4 Å². The van der Waals surface area contributed by atoms with Crippen LogP contribution in [0.5, 0.6) is 0 Å². The molecular weight excluding hydrogens is 428 g/mol. The van der Waals surface area contributed by atoms with Gasteiger partial charge in [-0.2, -0.15) is 0 Å². The molecule has 29 heavy (non-hydrogen) atoms. The smallest absolute Gasteiger partial charge is 0.266 e. The van der Waals surface area contributed by atoms with Crippen LogP contribution < -0.4 is 4.72 Å². The van der Waals surface area contributed by atoms with Crippen molar-refractivity contribution in [2.24, 2.45) is 0 Å². The Kier molecular flexibility index (Phi) is 4.42. The van der Waals surface area contributed by atoms with Gasteiger partial charge >= 0.3 is 0 Å². The molecule has 1 amide bonds. The number of hydrogen-bond donors (Lipinski definition) is 1. The van der Waals surface area contributed by atoms with Crippen LogP contribution in [-0.4, -0.2) is 24.1 Å². The molecule has 148 valence electrons. The molecule has 0 saturated heterocycles. The molecule has 0 unspecified atom stereocenters. The Balaban J connectivity index is 1.54. The standard InChI is InChI=1S/C21H17ClN2O3S2/c22-14-5-8-20-17(9-14)13(12-28-20)10-24-11-18(16-3-1-2-4-19(16)24)21(25)23-29(26,27)15-6-7-15/h1-5,8-9,11-12,15H,6-7,10H2,(H,23,25). The SMILES string of the molecule is O=C(NS(=O)(=O)C1CC1)c1cn(Cc2csc3ccc(Cl)cc23)c2ccccc12. The number of fused-ring (bicyclic) bond motifs is 2. The zero-order valence-electron chi connectivity index (χ0n) is 15.3. The van der Waals surface area contributed by atoms with Gasteiger partial charge in [0.2, 0.25) is 10.0 Å². The summed E-state index contributed by atoms with van der Waals surface area (Å²) in [5.41, 5.74) is 2.34. The molecule has 0 bridgehead atoms. The number of halogens is 1. The predicted molar refractivity (Wildman–Crippen MR) is 117 cm³/mol. The number of nitrogens with one attached hydrogen (secondary N) is 1. The molecule has 1 fully saturated rings. The highest BCUT2D eigenvalue weighted by Crippen LogP contribution is 2.31. The molecule has 0 atom stereocenters. The second kappa shape index (κ2) is 6.86. The zero-order valence-corrected chi connectivity index (χ0v) is 17.7. The van der Waals surface area contributed by atoms with Crippen LogP contribution in [0.1, 0.15) is 28.8 Å². The molecule has 5 nitrogen and oxygen atoms in total. The first-order valence-electron chi connectivity index (χ1n) is 9.22. The average Bonchev–Trinajstić information content (AvgIpc) is 3.41. The molecule has 2 heterocycles. The highest BCUT2D eigenvalue weighted by atomic mass is 35.5. The van der Waals surface area contributed by atoms with Crippen molar-refractivity contribution in [3.8, 4) is 0 Å². The fraction of sp³-hybridized carbons (Fsp3) is 0.190. The predicted octanol–water partition coefficient (Wildman–Crippen LogP) is 4.78. The summed E-state index contributed by atoms with van der Waals surface area (Å²) in [4.78, 5) is 12.8. The van der Waals surface area contributed by atoms with E-state index >= 15 is 0 Å². The second-order valence-corrected chi connectivity index (χ2v) is 10.6. The number of aromatic nitrogens is 1. The summed E-state index contributed by atoms with van der Waals surface area (Å²) in [5.74, 6) is -0.579. The number of nitrogens with zero attached hydrogens (tertiary/aromatic N) is 1. The minimum absolute atomic E-state index is 0.363. The summed E-state index contributed by atoms with van der Waals surface area (Å²) < 4.78 is 29.8. The van der Waals surface area contributed by atoms with E-state index in [1.54, 1.807) is 17.5 Å². The van der Waals surface area contributed by atoms with Crippen LogP contribution in [0, 0.1) is 0 Å². The van der Waals surface area contributed by atoms with Crippen molar-refractivity contribution in [2.75, 3.05) is 0 Å². The van der Waals surface area contributed by atoms with E-state index in [0.717, 1.165) is 26.6 Å². The van der Waals surface area contributed by atoms with Gasteiger partial charge in [0, 0.05) is 33.4 Å². The van der Waals surface area contributed by atoms with Gasteiger partial charge in [-0.3, -0.25) is 4.79 Å². The van der Waals surface area contributed by atoms with E-state index in [4.69, 9.17) is 11.6 Å². The molecule has 1 saturated carbocycles. The molecule has 4 aromatic rings. The number of carbonyl (C=O) groups is 1. The fourth-order valence-corrected chi connectivity index (χ4v) is 5.96. The van der Waals surface area contributed by atoms with Gasteiger partial charge < -0.3 is 4.57 Å². The fourth-order valence-electron chi connectivity index (χ4n) is 3.56. The van der Waals surface area contributed by atoms with Crippen LogP contribution in [-0.2, 0) is 16.6 Å². The van der Waals surface area contributed by atoms with Crippen molar-refractivity contribution in [1.29, 1.82) is 0 Å². The maximum Gasteiger partial charge on any atom is 0.266 e. The Labute approximate surface area is 177 Å². The summed E-state index contributed by atoms with van der Waals surface area (Å²) in [6.07, 6.45) is 2.95. The van der Waals surface area contributed by atoms with Crippen molar-refractivity contribution in [2.45, 2.75) is 24.6 Å². The van der Waals surface area contributed by atoms with Crippen molar-refractivity contribution >= 4 is 59.9 Å². The van der Waals surface area contributed by atoms with E-state index in [0.29, 0.717) is 30.0 Å². The molecule has 0 radical (unpaired) electrons. The Morgan fingerprint density at radius 1 is 1.17 bits per heavy atom. The number of benzene rings is 2. The van der Waals surface area contributed by atoms with Gasteiger partial charge in [-0.15, -0.1) is 11.3 Å². The normalized spacial score (nSPS) is 14.5. The van der Waals surface area contributed by atoms with Crippen LogP contribution in [0.15, 0.2) is 54.0 Å². The molecule has 1 N–H and O–H groups in total. The molecule has 2 aromatic carbocycles. The molecular formula is C21H17ClN2O3S2. The molecule has 1 aliphatic carbocycles. The number of para-hydroxylation sites is 1. The third kappa shape index (κ3) is 3.43. The number of rotatable bonds is 5. The molecule has 5 rings (SSSR count). The van der Waals surface area contributed by atoms with E-state index in [2.05, 4.69) is 10.1 Å². The number of sulfonamides is 1. The first-order chi connectivity index (χ1) is 13.9. The number of amides is 1. The van der Waals surface area contributed by atoms with Gasteiger partial charge in [0.25, 0.3) is 5.91 Å². The lowest BCUT2D eigenvalue weighted by Crippen LogP contribution is -2.33. The first-order valence-corrected chi connectivity index (χ1v) is 12.0. The van der Waals surface area contributed by atoms with Crippen LogP contribution in [0.4, 0.5) is 0 Å². The van der Waals surface area contributed by atoms with E-state index in [1.165, 1.54) is 0 Å². The maximum absolute atomic E-state index is 12.8. The van der Waals surface area contributed by atoms with Crippen molar-refractivity contribution in [1.82, 2.24) is 9.29 Å². The molecule has 0 aliphatic heterocycles.